The van der Waals surface area contributed by atoms with E-state index in [4.69, 9.17) is 0 Å². The van der Waals surface area contributed by atoms with Gasteiger partial charge in [-0.05, 0) is 50.5 Å². The number of rotatable bonds is 2. The molecular weight excluding hydrogens is 244 g/mol. The summed E-state index contributed by atoms with van der Waals surface area (Å²) in [6.07, 6.45) is 10.2. The van der Waals surface area contributed by atoms with E-state index in [1.165, 1.54) is 64.6 Å². The minimum Gasteiger partial charge on any atom is -0.310 e. The van der Waals surface area contributed by atoms with Gasteiger partial charge in [-0.15, -0.1) is 12.4 Å². The van der Waals surface area contributed by atoms with E-state index in [1.54, 1.807) is 0 Å². The van der Waals surface area contributed by atoms with Crippen molar-refractivity contribution in [2.75, 3.05) is 19.6 Å². The molecule has 106 valence electrons. The smallest absolute Gasteiger partial charge is 0.0198 e. The lowest BCUT2D eigenvalue weighted by Gasteiger charge is -2.32. The van der Waals surface area contributed by atoms with Gasteiger partial charge in [-0.25, -0.2) is 0 Å². The van der Waals surface area contributed by atoms with Crippen molar-refractivity contribution in [1.29, 1.82) is 0 Å². The van der Waals surface area contributed by atoms with Gasteiger partial charge in [0.15, 0.2) is 0 Å². The first-order valence-electron chi connectivity index (χ1n) is 7.78. The Morgan fingerprint density at radius 2 is 1.67 bits per heavy atom. The standard InChI is InChI=1S/C15H28N2.ClH/c1-12-2-4-13(5-3-12)10-17-9-8-14-6-7-15(11-17)16-14;/h12-16H,2-11H2,1H3;1H. The number of hydrogen-bond donors (Lipinski definition) is 1. The largest absolute Gasteiger partial charge is 0.310 e. The van der Waals surface area contributed by atoms with Crippen molar-refractivity contribution in [3.63, 3.8) is 0 Å². The molecule has 3 aliphatic rings. The molecule has 2 nitrogen and oxygen atoms in total. The van der Waals surface area contributed by atoms with Crippen LogP contribution in [0, 0.1) is 11.8 Å². The summed E-state index contributed by atoms with van der Waals surface area (Å²) < 4.78 is 0. The van der Waals surface area contributed by atoms with Crippen LogP contribution < -0.4 is 5.32 Å². The highest BCUT2D eigenvalue weighted by molar-refractivity contribution is 5.85. The van der Waals surface area contributed by atoms with Crippen LogP contribution in [0.5, 0.6) is 0 Å². The molecule has 18 heavy (non-hydrogen) atoms. The molecule has 1 aliphatic carbocycles. The van der Waals surface area contributed by atoms with Crippen molar-refractivity contribution in [1.82, 2.24) is 10.2 Å². The predicted octanol–water partition coefficient (Wildman–Crippen LogP) is 3.06. The molecule has 2 atom stereocenters. The number of fused-ring (bicyclic) bond motifs is 2. The van der Waals surface area contributed by atoms with E-state index in [1.807, 2.05) is 0 Å². The molecule has 0 aromatic carbocycles. The van der Waals surface area contributed by atoms with Crippen molar-refractivity contribution < 1.29 is 0 Å². The van der Waals surface area contributed by atoms with Crippen LogP contribution in [0.2, 0.25) is 0 Å². The van der Waals surface area contributed by atoms with Gasteiger partial charge >= 0.3 is 0 Å². The van der Waals surface area contributed by atoms with Gasteiger partial charge in [0, 0.05) is 25.2 Å². The second-order valence-electron chi connectivity index (χ2n) is 6.81. The molecule has 2 unspecified atom stereocenters. The van der Waals surface area contributed by atoms with E-state index in [9.17, 15) is 0 Å². The van der Waals surface area contributed by atoms with Crippen molar-refractivity contribution in [3.05, 3.63) is 0 Å². The summed E-state index contributed by atoms with van der Waals surface area (Å²) >= 11 is 0. The van der Waals surface area contributed by atoms with E-state index in [0.29, 0.717) is 0 Å². The zero-order valence-electron chi connectivity index (χ0n) is 11.7. The van der Waals surface area contributed by atoms with Gasteiger partial charge in [0.25, 0.3) is 0 Å². The Balaban J connectivity index is 0.00000120. The van der Waals surface area contributed by atoms with Crippen LogP contribution in [0.1, 0.15) is 51.9 Å². The molecule has 0 radical (unpaired) electrons. The van der Waals surface area contributed by atoms with Gasteiger partial charge in [-0.1, -0.05) is 19.8 Å². The topological polar surface area (TPSA) is 15.3 Å². The minimum atomic E-state index is 0. The highest BCUT2D eigenvalue weighted by Gasteiger charge is 2.30. The number of nitrogens with zero attached hydrogens (tertiary/aromatic N) is 1. The number of hydrogen-bond acceptors (Lipinski definition) is 2. The second kappa shape index (κ2) is 6.58. The molecule has 1 N–H and O–H groups in total. The molecule has 0 aromatic heterocycles. The Morgan fingerprint density at radius 1 is 0.944 bits per heavy atom. The van der Waals surface area contributed by atoms with Crippen molar-refractivity contribution in [2.24, 2.45) is 11.8 Å². The number of nitrogens with one attached hydrogen (secondary N) is 1. The van der Waals surface area contributed by atoms with E-state index < -0.39 is 0 Å². The van der Waals surface area contributed by atoms with Gasteiger partial charge in [0.2, 0.25) is 0 Å². The fourth-order valence-corrected chi connectivity index (χ4v) is 4.06. The van der Waals surface area contributed by atoms with Gasteiger partial charge in [0.05, 0.1) is 0 Å². The lowest BCUT2D eigenvalue weighted by atomic mass is 9.82. The fourth-order valence-electron chi connectivity index (χ4n) is 4.06. The zero-order valence-corrected chi connectivity index (χ0v) is 12.6. The number of likely N-dealkylation sites (tertiary alicyclic amines) is 1. The van der Waals surface area contributed by atoms with Crippen LogP contribution in [-0.2, 0) is 0 Å². The molecule has 2 aliphatic heterocycles. The lowest BCUT2D eigenvalue weighted by Crippen LogP contribution is -2.38. The molecule has 2 saturated heterocycles. The van der Waals surface area contributed by atoms with Gasteiger partial charge in [0.1, 0.15) is 0 Å². The quantitative estimate of drug-likeness (QED) is 0.831. The lowest BCUT2D eigenvalue weighted by molar-refractivity contribution is 0.178. The Kier molecular flexibility index (Phi) is 5.35. The van der Waals surface area contributed by atoms with Crippen LogP contribution >= 0.6 is 12.4 Å². The van der Waals surface area contributed by atoms with Crippen molar-refractivity contribution in [3.8, 4) is 0 Å². The summed E-state index contributed by atoms with van der Waals surface area (Å²) in [4.78, 5) is 2.76. The Bertz CT molecular complexity index is 251. The summed E-state index contributed by atoms with van der Waals surface area (Å²) in [7, 11) is 0. The van der Waals surface area contributed by atoms with Crippen LogP contribution in [0.15, 0.2) is 0 Å². The van der Waals surface area contributed by atoms with Crippen LogP contribution in [0.4, 0.5) is 0 Å². The molecule has 2 bridgehead atoms. The molecular formula is C15H29ClN2. The van der Waals surface area contributed by atoms with E-state index >= 15 is 0 Å². The van der Waals surface area contributed by atoms with Crippen LogP contribution in [0.3, 0.4) is 0 Å². The maximum absolute atomic E-state index is 3.79. The number of halogens is 1. The Hall–Kier alpha value is 0.210. The third-order valence-electron chi connectivity index (χ3n) is 5.26. The molecule has 1 saturated carbocycles. The third-order valence-corrected chi connectivity index (χ3v) is 5.26. The molecule has 0 amide bonds. The summed E-state index contributed by atoms with van der Waals surface area (Å²) in [5.41, 5.74) is 0. The normalized spacial score (nSPS) is 41.2. The Labute approximate surface area is 118 Å². The first kappa shape index (κ1) is 14.6. The van der Waals surface area contributed by atoms with E-state index in [-0.39, 0.29) is 12.4 Å². The minimum absolute atomic E-state index is 0. The average Bonchev–Trinajstić information content (AvgIpc) is 2.66. The average molecular weight is 273 g/mol. The molecule has 2 heterocycles. The molecule has 3 heteroatoms. The van der Waals surface area contributed by atoms with Gasteiger partial charge in [-0.3, -0.25) is 0 Å². The summed E-state index contributed by atoms with van der Waals surface area (Å²) in [5.74, 6) is 2.00. The maximum atomic E-state index is 3.79. The maximum Gasteiger partial charge on any atom is 0.0198 e. The molecule has 3 rings (SSSR count). The van der Waals surface area contributed by atoms with E-state index in [0.717, 1.165) is 23.9 Å². The monoisotopic (exact) mass is 272 g/mol. The highest BCUT2D eigenvalue weighted by atomic mass is 35.5. The zero-order chi connectivity index (χ0) is 11.7. The molecule has 0 aromatic rings. The fraction of sp³-hybridized carbons (Fsp3) is 1.00. The van der Waals surface area contributed by atoms with E-state index in [2.05, 4.69) is 17.1 Å². The highest BCUT2D eigenvalue weighted by Crippen LogP contribution is 2.30. The summed E-state index contributed by atoms with van der Waals surface area (Å²) in [6, 6.07) is 1.65. The Morgan fingerprint density at radius 3 is 2.44 bits per heavy atom. The first-order valence-corrected chi connectivity index (χ1v) is 7.78. The van der Waals surface area contributed by atoms with Crippen LogP contribution in [-0.4, -0.2) is 36.6 Å². The molecule has 3 fully saturated rings. The predicted molar refractivity (Wildman–Crippen MR) is 79.4 cm³/mol. The molecule has 0 spiro atoms. The second-order valence-corrected chi connectivity index (χ2v) is 6.81. The third kappa shape index (κ3) is 3.61. The summed E-state index contributed by atoms with van der Waals surface area (Å²) in [6.45, 7) is 6.48. The summed E-state index contributed by atoms with van der Waals surface area (Å²) in [5, 5.41) is 3.79. The van der Waals surface area contributed by atoms with Crippen molar-refractivity contribution in [2.45, 2.75) is 64.0 Å². The SMILES string of the molecule is CC1CCC(CN2CCC3CCC(C2)N3)CC1.Cl. The van der Waals surface area contributed by atoms with Crippen molar-refractivity contribution >= 4 is 12.4 Å². The van der Waals surface area contributed by atoms with Crippen LogP contribution in [0.25, 0.3) is 0 Å². The first-order chi connectivity index (χ1) is 8.29. The van der Waals surface area contributed by atoms with Gasteiger partial charge in [-0.2, -0.15) is 0 Å². The van der Waals surface area contributed by atoms with Gasteiger partial charge < -0.3 is 10.2 Å².